The fourth-order valence-corrected chi connectivity index (χ4v) is 4.99. The summed E-state index contributed by atoms with van der Waals surface area (Å²) in [5, 5.41) is 50.1. The van der Waals surface area contributed by atoms with Crippen molar-refractivity contribution in [1.82, 2.24) is 0 Å². The zero-order valence-electron chi connectivity index (χ0n) is 26.0. The summed E-state index contributed by atoms with van der Waals surface area (Å²) < 4.78 is 32.6. The van der Waals surface area contributed by atoms with Crippen molar-refractivity contribution in [2.24, 2.45) is 5.92 Å². The molecule has 0 amide bonds. The van der Waals surface area contributed by atoms with Gasteiger partial charge in [-0.25, -0.2) is 9.59 Å². The van der Waals surface area contributed by atoms with Crippen LogP contribution >= 0.6 is 0 Å². The predicted molar refractivity (Wildman–Crippen MR) is 165 cm³/mol. The van der Waals surface area contributed by atoms with Gasteiger partial charge in [-0.15, -0.1) is 0 Å². The zero-order chi connectivity index (χ0) is 34.6. The molecule has 7 atom stereocenters. The zero-order valence-corrected chi connectivity index (χ0v) is 26.0. The van der Waals surface area contributed by atoms with E-state index in [-0.39, 0.29) is 30.1 Å². The molecule has 5 N–H and O–H groups in total. The Hall–Kier alpha value is -4.57. The van der Waals surface area contributed by atoms with Crippen molar-refractivity contribution in [2.75, 3.05) is 26.9 Å². The maximum absolute atomic E-state index is 13.1. The van der Waals surface area contributed by atoms with Gasteiger partial charge in [0.25, 0.3) is 0 Å². The minimum Gasteiger partial charge on any atom is -0.508 e. The summed E-state index contributed by atoms with van der Waals surface area (Å²) in [6.45, 7) is -1.10. The lowest BCUT2D eigenvalue weighted by atomic mass is 9.86. The van der Waals surface area contributed by atoms with Crippen LogP contribution in [0.5, 0.6) is 5.75 Å². The molecule has 4 rings (SSSR count). The van der Waals surface area contributed by atoms with Crippen LogP contribution in [0.25, 0.3) is 6.08 Å². The largest absolute Gasteiger partial charge is 0.508 e. The number of aromatic hydroxyl groups is 1. The standard InChI is InChI=1S/C34H38O14/c1-43-32(42)25-19-46-33(48-34-31(41)30(40)29(39)26(18-35)47-34)23(14-16-44-27(37)12-9-20-5-3-2-4-6-20)24(25)17-28(38)45-15-13-21-7-10-22(36)11-8-21/h2-12,14,19,24,26,29-31,33-36,39-41H,13,15-18H2,1H3/t24-,26-,29-,30+,31-,33-,34-/m1/s1. The SMILES string of the molecule is COC(=O)C1=CO[C@H](O[C@H]2O[C@H](CO)[C@@H](O)[C@H](O)[C@H]2O)C(=CCOC(=O)C=Cc2ccccc2)[C@H]1CC(=O)OCCc1ccc(O)cc1. The van der Waals surface area contributed by atoms with E-state index in [9.17, 15) is 39.9 Å². The summed E-state index contributed by atoms with van der Waals surface area (Å²) in [6.07, 6.45) is -4.53. The van der Waals surface area contributed by atoms with Crippen LogP contribution in [0, 0.1) is 5.92 Å². The minimum absolute atomic E-state index is 0.0146. The van der Waals surface area contributed by atoms with E-state index < -0.39 is 73.8 Å². The van der Waals surface area contributed by atoms with Gasteiger partial charge in [-0.1, -0.05) is 42.5 Å². The van der Waals surface area contributed by atoms with Crippen molar-refractivity contribution >= 4 is 24.0 Å². The molecule has 14 nitrogen and oxygen atoms in total. The van der Waals surface area contributed by atoms with Crippen LogP contribution in [0.2, 0.25) is 0 Å². The normalized spacial score (nSPS) is 26.4. The maximum atomic E-state index is 13.1. The number of carbonyl (C=O) groups excluding carboxylic acids is 3. The number of phenols is 1. The molecule has 0 saturated carbocycles. The van der Waals surface area contributed by atoms with Gasteiger partial charge in [0.2, 0.25) is 6.29 Å². The summed E-state index contributed by atoms with van der Waals surface area (Å²) >= 11 is 0. The van der Waals surface area contributed by atoms with Gasteiger partial charge >= 0.3 is 17.9 Å². The molecule has 0 bridgehead atoms. The van der Waals surface area contributed by atoms with Crippen LogP contribution in [0.1, 0.15) is 17.5 Å². The van der Waals surface area contributed by atoms with Gasteiger partial charge in [0.15, 0.2) is 6.29 Å². The van der Waals surface area contributed by atoms with Gasteiger partial charge in [-0.05, 0) is 35.4 Å². The Bertz CT molecular complexity index is 1470. The molecule has 2 heterocycles. The lowest BCUT2D eigenvalue weighted by Crippen LogP contribution is -2.60. The first-order chi connectivity index (χ1) is 23.1. The highest BCUT2D eigenvalue weighted by atomic mass is 16.8. The number of carbonyl (C=O) groups is 3. The molecule has 0 radical (unpaired) electrons. The Balaban J connectivity index is 1.55. The van der Waals surface area contributed by atoms with E-state index in [0.717, 1.165) is 24.5 Å². The molecule has 1 fully saturated rings. The number of ether oxygens (including phenoxy) is 6. The van der Waals surface area contributed by atoms with Gasteiger partial charge in [0, 0.05) is 24.0 Å². The third-order valence-electron chi connectivity index (χ3n) is 7.61. The quantitative estimate of drug-likeness (QED) is 0.0869. The molecule has 48 heavy (non-hydrogen) atoms. The van der Waals surface area contributed by atoms with E-state index in [0.29, 0.717) is 6.42 Å². The number of phenolic OH excluding ortho intramolecular Hbond substituents is 1. The second-order valence-corrected chi connectivity index (χ2v) is 10.8. The molecule has 0 aliphatic carbocycles. The summed E-state index contributed by atoms with van der Waals surface area (Å²) in [4.78, 5) is 38.3. The third kappa shape index (κ3) is 9.73. The average Bonchev–Trinajstić information content (AvgIpc) is 3.09. The highest BCUT2D eigenvalue weighted by Gasteiger charge is 2.47. The Morgan fingerprint density at radius 2 is 1.67 bits per heavy atom. The van der Waals surface area contributed by atoms with Gasteiger partial charge in [0.05, 0.1) is 38.6 Å². The summed E-state index contributed by atoms with van der Waals surface area (Å²) in [6, 6.07) is 15.4. The van der Waals surface area contributed by atoms with E-state index in [1.165, 1.54) is 24.3 Å². The van der Waals surface area contributed by atoms with E-state index in [1.54, 1.807) is 42.5 Å². The molecule has 0 spiro atoms. The maximum Gasteiger partial charge on any atom is 0.337 e. The predicted octanol–water partition coefficient (Wildman–Crippen LogP) is 0.897. The number of rotatable bonds is 13. The van der Waals surface area contributed by atoms with Crippen LogP contribution in [-0.4, -0.2) is 107 Å². The topological polar surface area (TPSA) is 208 Å². The first-order valence-corrected chi connectivity index (χ1v) is 15.0. The number of hydrogen-bond donors (Lipinski definition) is 5. The van der Waals surface area contributed by atoms with E-state index >= 15 is 0 Å². The minimum atomic E-state index is -1.79. The van der Waals surface area contributed by atoms with Crippen molar-refractivity contribution in [1.29, 1.82) is 0 Å². The highest BCUT2D eigenvalue weighted by Crippen LogP contribution is 2.36. The van der Waals surface area contributed by atoms with Gasteiger partial charge in [-0.2, -0.15) is 0 Å². The number of aliphatic hydroxyl groups excluding tert-OH is 4. The summed E-state index contributed by atoms with van der Waals surface area (Å²) in [5.74, 6) is -3.25. The second-order valence-electron chi connectivity index (χ2n) is 10.8. The number of benzene rings is 2. The molecule has 2 aromatic rings. The molecular weight excluding hydrogens is 632 g/mol. The molecule has 2 aromatic carbocycles. The molecule has 1 saturated heterocycles. The number of aliphatic hydroxyl groups is 4. The number of methoxy groups -OCH3 is 1. The van der Waals surface area contributed by atoms with Crippen LogP contribution in [-0.2, 0) is 49.2 Å². The highest BCUT2D eigenvalue weighted by molar-refractivity contribution is 5.91. The van der Waals surface area contributed by atoms with Crippen molar-refractivity contribution in [3.8, 4) is 5.75 Å². The fraction of sp³-hybridized carbons (Fsp3) is 0.382. The number of esters is 3. The van der Waals surface area contributed by atoms with Crippen molar-refractivity contribution in [3.63, 3.8) is 0 Å². The Kier molecular flexibility index (Phi) is 13.3. The van der Waals surface area contributed by atoms with Crippen LogP contribution < -0.4 is 0 Å². The number of hydrogen-bond acceptors (Lipinski definition) is 14. The average molecular weight is 671 g/mol. The van der Waals surface area contributed by atoms with E-state index in [4.69, 9.17) is 28.4 Å². The van der Waals surface area contributed by atoms with Gasteiger partial charge < -0.3 is 54.0 Å². The van der Waals surface area contributed by atoms with E-state index in [2.05, 4.69) is 0 Å². The molecule has 2 aliphatic heterocycles. The van der Waals surface area contributed by atoms with Crippen LogP contribution in [0.4, 0.5) is 0 Å². The molecule has 14 heteroatoms. The van der Waals surface area contributed by atoms with Crippen LogP contribution in [0.3, 0.4) is 0 Å². The molecule has 258 valence electrons. The Morgan fingerprint density at radius 3 is 2.35 bits per heavy atom. The van der Waals surface area contributed by atoms with Gasteiger partial charge in [-0.3, -0.25) is 4.79 Å². The lowest BCUT2D eigenvalue weighted by Gasteiger charge is -2.42. The van der Waals surface area contributed by atoms with Gasteiger partial charge in [0.1, 0.15) is 36.8 Å². The molecule has 0 unspecified atom stereocenters. The molecular formula is C34H38O14. The molecule has 2 aliphatic rings. The Labute approximate surface area is 276 Å². The second kappa shape index (κ2) is 17.5. The Morgan fingerprint density at radius 1 is 0.938 bits per heavy atom. The van der Waals surface area contributed by atoms with Crippen molar-refractivity contribution in [2.45, 2.75) is 49.8 Å². The first-order valence-electron chi connectivity index (χ1n) is 15.0. The molecule has 0 aromatic heterocycles. The monoisotopic (exact) mass is 670 g/mol. The van der Waals surface area contributed by atoms with Crippen molar-refractivity contribution < 1.29 is 68.3 Å². The smallest absolute Gasteiger partial charge is 0.337 e. The van der Waals surface area contributed by atoms with Crippen molar-refractivity contribution in [3.05, 3.63) is 95.3 Å². The van der Waals surface area contributed by atoms with Crippen LogP contribution in [0.15, 0.2) is 84.2 Å². The first kappa shape index (κ1) is 36.3. The third-order valence-corrected chi connectivity index (χ3v) is 7.61. The summed E-state index contributed by atoms with van der Waals surface area (Å²) in [7, 11) is 1.14. The lowest BCUT2D eigenvalue weighted by molar-refractivity contribution is -0.327. The van der Waals surface area contributed by atoms with E-state index in [1.807, 2.05) is 6.07 Å². The summed E-state index contributed by atoms with van der Waals surface area (Å²) in [5.41, 5.74) is 1.56. The fourth-order valence-electron chi connectivity index (χ4n) is 4.99.